The maximum atomic E-state index is 10.7. The van der Waals surface area contributed by atoms with Gasteiger partial charge in [-0.1, -0.05) is 24.3 Å². The highest BCUT2D eigenvalue weighted by molar-refractivity contribution is 5.69. The van der Waals surface area contributed by atoms with E-state index in [0.717, 1.165) is 12.2 Å². The van der Waals surface area contributed by atoms with Gasteiger partial charge in [0.25, 0.3) is 0 Å². The number of esters is 1. The Morgan fingerprint density at radius 2 is 2.00 bits per heavy atom. The summed E-state index contributed by atoms with van der Waals surface area (Å²) in [6.45, 7) is 4.68. The normalized spacial score (nSPS) is 10.6. The Morgan fingerprint density at radius 3 is 2.56 bits per heavy atom. The van der Waals surface area contributed by atoms with Crippen molar-refractivity contribution >= 4 is 12.0 Å². The van der Waals surface area contributed by atoms with Crippen molar-refractivity contribution in [2.75, 3.05) is 13.2 Å². The van der Waals surface area contributed by atoms with Crippen LogP contribution in [0.1, 0.15) is 19.4 Å². The van der Waals surface area contributed by atoms with E-state index in [4.69, 9.17) is 9.47 Å². The summed E-state index contributed by atoms with van der Waals surface area (Å²) in [5.41, 5.74) is 1.05. The van der Waals surface area contributed by atoms with E-state index in [9.17, 15) is 4.79 Å². The van der Waals surface area contributed by atoms with Crippen LogP contribution in [0, 0.1) is 0 Å². The highest BCUT2D eigenvalue weighted by Gasteiger charge is 1.96. The first-order valence-corrected chi connectivity index (χ1v) is 5.25. The molecule has 1 aromatic carbocycles. The lowest BCUT2D eigenvalue weighted by Crippen LogP contribution is -2.00. The number of carbonyl (C=O) groups is 1. The molecule has 86 valence electrons. The van der Waals surface area contributed by atoms with Crippen molar-refractivity contribution in [2.45, 2.75) is 13.8 Å². The number of ether oxygens (including phenoxy) is 2. The zero-order chi connectivity index (χ0) is 11.8. The molecule has 16 heavy (non-hydrogen) atoms. The summed E-state index contributed by atoms with van der Waals surface area (Å²) in [6, 6.07) is 7.31. The molecule has 0 aliphatic carbocycles. The van der Waals surface area contributed by atoms with Crippen LogP contribution in [0.25, 0.3) is 6.08 Å². The average molecular weight is 220 g/mol. The predicted molar refractivity (Wildman–Crippen MR) is 63.3 cm³/mol. The van der Waals surface area contributed by atoms with Crippen LogP contribution in [0.15, 0.2) is 30.3 Å². The van der Waals surface area contributed by atoms with Gasteiger partial charge in [0.05, 0.1) is 6.61 Å². The molecule has 0 aliphatic heterocycles. The van der Waals surface area contributed by atoms with Crippen molar-refractivity contribution in [1.82, 2.24) is 0 Å². The second kappa shape index (κ2) is 6.80. The summed E-state index contributed by atoms with van der Waals surface area (Å²) < 4.78 is 10.1. The van der Waals surface area contributed by atoms with Crippen LogP contribution in [0.3, 0.4) is 0 Å². The Morgan fingerprint density at radius 1 is 1.31 bits per heavy atom. The summed E-state index contributed by atoms with van der Waals surface area (Å²) in [6.07, 6.45) is 3.91. The van der Waals surface area contributed by atoms with E-state index in [-0.39, 0.29) is 5.97 Å². The molecule has 0 unspecified atom stereocenters. The quantitative estimate of drug-likeness (QED) is 0.435. The van der Waals surface area contributed by atoms with Crippen molar-refractivity contribution in [2.24, 2.45) is 0 Å². The van der Waals surface area contributed by atoms with Gasteiger partial charge in [0.2, 0.25) is 0 Å². The van der Waals surface area contributed by atoms with Gasteiger partial charge in [0, 0.05) is 13.5 Å². The molecule has 0 radical (unpaired) electrons. The molecule has 0 fully saturated rings. The zero-order valence-electron chi connectivity index (χ0n) is 9.60. The molecular formula is C13H16O3. The fourth-order valence-corrected chi connectivity index (χ4v) is 1.18. The lowest BCUT2D eigenvalue weighted by molar-refractivity contribution is -0.131. The first-order valence-electron chi connectivity index (χ1n) is 5.25. The number of benzene rings is 1. The highest BCUT2D eigenvalue weighted by Crippen LogP contribution is 2.13. The van der Waals surface area contributed by atoms with Gasteiger partial charge in [-0.05, 0) is 24.6 Å². The van der Waals surface area contributed by atoms with Gasteiger partial charge in [0.15, 0.2) is 0 Å². The number of hydrogen-bond donors (Lipinski definition) is 0. The first-order chi connectivity index (χ1) is 7.72. The van der Waals surface area contributed by atoms with Crippen LogP contribution in [0.4, 0.5) is 0 Å². The molecule has 0 atom stereocenters. The Balaban J connectivity index is 2.50. The molecule has 0 aromatic heterocycles. The molecule has 3 nitrogen and oxygen atoms in total. The third-order valence-electron chi connectivity index (χ3n) is 1.87. The molecule has 0 heterocycles. The van der Waals surface area contributed by atoms with Gasteiger partial charge >= 0.3 is 5.97 Å². The summed E-state index contributed by atoms with van der Waals surface area (Å²) in [5, 5.41) is 0. The molecule has 0 saturated heterocycles. The van der Waals surface area contributed by atoms with E-state index in [1.807, 2.05) is 31.2 Å². The van der Waals surface area contributed by atoms with Crippen molar-refractivity contribution in [3.05, 3.63) is 35.9 Å². The average Bonchev–Trinajstić information content (AvgIpc) is 2.26. The third-order valence-corrected chi connectivity index (χ3v) is 1.87. The van der Waals surface area contributed by atoms with Crippen LogP contribution in [0.2, 0.25) is 0 Å². The lowest BCUT2D eigenvalue weighted by atomic mass is 10.2. The first kappa shape index (κ1) is 12.5. The van der Waals surface area contributed by atoms with Gasteiger partial charge in [-0.2, -0.15) is 0 Å². The third kappa shape index (κ3) is 4.75. The van der Waals surface area contributed by atoms with E-state index in [1.165, 1.54) is 6.92 Å². The molecule has 1 rings (SSSR count). The standard InChI is InChI=1S/C13H16O3/c1-3-15-10-4-5-12-6-8-13(9-7-12)16-11(2)14/h4-9H,3,10H2,1-2H3/b5-4+. The molecule has 0 aliphatic rings. The fraction of sp³-hybridized carbons (Fsp3) is 0.308. The molecule has 0 N–H and O–H groups in total. The SMILES string of the molecule is CCOC/C=C/c1ccc(OC(C)=O)cc1. The van der Waals surface area contributed by atoms with E-state index >= 15 is 0 Å². The van der Waals surface area contributed by atoms with Crippen molar-refractivity contribution < 1.29 is 14.3 Å². The van der Waals surface area contributed by atoms with Crippen LogP contribution in [-0.2, 0) is 9.53 Å². The lowest BCUT2D eigenvalue weighted by Gasteiger charge is -2.00. The topological polar surface area (TPSA) is 35.5 Å². The second-order valence-electron chi connectivity index (χ2n) is 3.22. The van der Waals surface area contributed by atoms with Crippen molar-refractivity contribution in [3.8, 4) is 5.75 Å². The van der Waals surface area contributed by atoms with Crippen LogP contribution < -0.4 is 4.74 Å². The van der Waals surface area contributed by atoms with Gasteiger partial charge in [-0.25, -0.2) is 0 Å². The summed E-state index contributed by atoms with van der Waals surface area (Å²) >= 11 is 0. The highest BCUT2D eigenvalue weighted by atomic mass is 16.5. The van der Waals surface area contributed by atoms with Crippen LogP contribution >= 0.6 is 0 Å². The monoisotopic (exact) mass is 220 g/mol. The van der Waals surface area contributed by atoms with Crippen molar-refractivity contribution in [3.63, 3.8) is 0 Å². The van der Waals surface area contributed by atoms with E-state index in [0.29, 0.717) is 12.4 Å². The summed E-state index contributed by atoms with van der Waals surface area (Å²) in [7, 11) is 0. The Hall–Kier alpha value is -1.61. The van der Waals surface area contributed by atoms with Crippen molar-refractivity contribution in [1.29, 1.82) is 0 Å². The molecular weight excluding hydrogens is 204 g/mol. The number of rotatable bonds is 5. The smallest absolute Gasteiger partial charge is 0.308 e. The number of carbonyl (C=O) groups excluding carboxylic acids is 1. The second-order valence-corrected chi connectivity index (χ2v) is 3.22. The molecule has 0 amide bonds. The Kier molecular flexibility index (Phi) is 5.29. The van der Waals surface area contributed by atoms with Crippen LogP contribution in [-0.4, -0.2) is 19.2 Å². The molecule has 0 spiro atoms. The fourth-order valence-electron chi connectivity index (χ4n) is 1.18. The van der Waals surface area contributed by atoms with Gasteiger partial charge in [0.1, 0.15) is 5.75 Å². The van der Waals surface area contributed by atoms with E-state index < -0.39 is 0 Å². The van der Waals surface area contributed by atoms with Gasteiger partial charge < -0.3 is 9.47 Å². The predicted octanol–water partition coefficient (Wildman–Crippen LogP) is 2.66. The Bertz CT molecular complexity index is 352. The minimum atomic E-state index is -0.306. The maximum Gasteiger partial charge on any atom is 0.308 e. The molecule has 3 heteroatoms. The van der Waals surface area contributed by atoms with E-state index in [2.05, 4.69) is 0 Å². The Labute approximate surface area is 95.7 Å². The molecule has 0 saturated carbocycles. The minimum Gasteiger partial charge on any atom is -0.427 e. The summed E-state index contributed by atoms with van der Waals surface area (Å²) in [4.78, 5) is 10.7. The zero-order valence-corrected chi connectivity index (χ0v) is 9.60. The largest absolute Gasteiger partial charge is 0.427 e. The molecule has 0 bridgehead atoms. The maximum absolute atomic E-state index is 10.7. The van der Waals surface area contributed by atoms with Gasteiger partial charge in [-0.3, -0.25) is 4.79 Å². The van der Waals surface area contributed by atoms with Gasteiger partial charge in [-0.15, -0.1) is 0 Å². The van der Waals surface area contributed by atoms with E-state index in [1.54, 1.807) is 12.1 Å². The van der Waals surface area contributed by atoms with Crippen LogP contribution in [0.5, 0.6) is 5.75 Å². The number of hydrogen-bond acceptors (Lipinski definition) is 3. The summed E-state index contributed by atoms with van der Waals surface area (Å²) in [5.74, 6) is 0.258. The minimum absolute atomic E-state index is 0.306. The molecule has 1 aromatic rings.